The minimum Gasteiger partial charge on any atom is -0.346 e. The van der Waals surface area contributed by atoms with Gasteiger partial charge >= 0.3 is 167 Å². The van der Waals surface area contributed by atoms with Crippen molar-refractivity contribution in [2.24, 2.45) is 0 Å². The van der Waals surface area contributed by atoms with Crippen LogP contribution in [0.5, 0.6) is 0 Å². The van der Waals surface area contributed by atoms with Crippen molar-refractivity contribution >= 4 is 29.5 Å². The van der Waals surface area contributed by atoms with Crippen LogP contribution in [0.25, 0.3) is 0 Å². The van der Waals surface area contributed by atoms with Gasteiger partial charge in [-0.1, -0.05) is 32.9 Å². The number of carbonyl (C=O) groups excluding carboxylic acids is 5. The molecule has 0 aliphatic carbocycles. The monoisotopic (exact) mass is 1960 g/mol. The summed E-state index contributed by atoms with van der Waals surface area (Å²) in [6.45, 7) is 2.97. The first kappa shape index (κ1) is 122. The molecule has 0 saturated carbocycles. The molecule has 71 heteroatoms. The molecule has 0 fully saturated rings. The summed E-state index contributed by atoms with van der Waals surface area (Å²) in [6, 6.07) is 0. The predicted molar refractivity (Wildman–Crippen MR) is 274 cm³/mol. The number of amides is 5. The van der Waals surface area contributed by atoms with Gasteiger partial charge in [0.25, 0.3) is 0 Å². The van der Waals surface area contributed by atoms with Crippen molar-refractivity contribution in [3.63, 3.8) is 0 Å². The lowest BCUT2D eigenvalue weighted by Gasteiger charge is -2.39. The molecule has 0 unspecified atom stereocenters. The Bertz CT molecular complexity index is 3450. The largest absolute Gasteiger partial charge is 0.460 e. The fraction of sp³-hybridized carbons (Fsp3) is 0.706. The van der Waals surface area contributed by atoms with Crippen LogP contribution in [0, 0.1) is 0 Å². The first-order chi connectivity index (χ1) is 52.1. The zero-order valence-electron chi connectivity index (χ0n) is 56.8. The van der Waals surface area contributed by atoms with E-state index in [0.29, 0.717) is 0 Å². The van der Waals surface area contributed by atoms with Crippen LogP contribution in [0.15, 0.2) is 61.8 Å². The molecule has 722 valence electrons. The van der Waals surface area contributed by atoms with E-state index in [1.54, 1.807) is 0 Å². The smallest absolute Gasteiger partial charge is 0.346 e. The Kier molecular flexibility index (Phi) is 36.9. The summed E-state index contributed by atoms with van der Waals surface area (Å²) in [5.74, 6) is -177. The summed E-state index contributed by atoms with van der Waals surface area (Å²) >= 11 is 0. The summed E-state index contributed by atoms with van der Waals surface area (Å²) in [5, 5.41) is 4.40. The molecular formula is C51H36F61N5O5. The molecule has 122 heavy (non-hydrogen) atoms. The minimum absolute atomic E-state index is 0.165. The molecule has 0 atom stereocenters. The lowest BCUT2D eigenvalue weighted by Crippen LogP contribution is -2.71. The quantitative estimate of drug-likeness (QED) is 0.0328. The van der Waals surface area contributed by atoms with Gasteiger partial charge in [0.15, 0.2) is 0 Å². The Morgan fingerprint density at radius 1 is 0.189 bits per heavy atom. The van der Waals surface area contributed by atoms with Crippen molar-refractivity contribution in [3.05, 3.63) is 61.8 Å². The molecule has 0 spiro atoms. The molecule has 0 rings (SSSR count). The molecule has 0 aromatic rings. The van der Waals surface area contributed by atoms with E-state index in [0.717, 1.165) is 47.4 Å². The molecular weight excluding hydrogens is 1920 g/mol. The van der Waals surface area contributed by atoms with Gasteiger partial charge in [0, 0.05) is 16.7 Å². The van der Waals surface area contributed by atoms with Gasteiger partial charge in [-0.05, 0) is 32.9 Å². The first-order valence-electron chi connectivity index (χ1n) is 27.8. The van der Waals surface area contributed by atoms with E-state index < -0.39 is 246 Å². The summed E-state index contributed by atoms with van der Waals surface area (Å²) in [6.07, 6.45) is -36.4. The van der Waals surface area contributed by atoms with Gasteiger partial charge in [-0.2, -0.15) is 268 Å². The number of hydrogen-bond donors (Lipinski definition) is 5. The minimum atomic E-state index is -7.95. The molecule has 0 aromatic carbocycles. The fourth-order valence-electron chi connectivity index (χ4n) is 5.74. The second-order valence-electron chi connectivity index (χ2n) is 22.6. The zero-order valence-corrected chi connectivity index (χ0v) is 56.8. The zero-order chi connectivity index (χ0) is 101. The highest BCUT2D eigenvalue weighted by atomic mass is 19.5. The number of halogens is 61. The van der Waals surface area contributed by atoms with E-state index in [2.05, 4.69) is 32.9 Å². The van der Waals surface area contributed by atoms with E-state index >= 15 is 0 Å². The summed E-state index contributed by atoms with van der Waals surface area (Å²) in [7, 11) is 0. The van der Waals surface area contributed by atoms with Crippen molar-refractivity contribution in [2.45, 2.75) is 188 Å². The number of nitrogens with one attached hydrogen (secondary N) is 5. The van der Waals surface area contributed by atoms with E-state index in [9.17, 15) is 292 Å². The SMILES string of the molecule is C=C(C)C(=O)NCC(F)(F)C(F)(F)C(F)(F)C(F)(F)C(F)(F)C(F)(F)F.C=C(C)C(=O)NCC(F)(F)C(F)(F)C(F)(F)C(F)(F)C(F)(F)C(F)(F)F.C=C(C)C(=O)NCC(F)(F)C(F)(F)C(F)(F)C(F)(F)F.C=CC(=O)NCC(F)(F)C(F)(F)C(F)(F)C(F)(F)C(F)(F)C(F)(F)F.C=CC(=O)NCC(F)(F)C(F)(F)C(F)(F)C(F)(F)C(F)(F)C(F)(F)F. The average Bonchev–Trinajstić information content (AvgIpc) is 0.723. The van der Waals surface area contributed by atoms with Crippen LogP contribution in [0.2, 0.25) is 0 Å². The van der Waals surface area contributed by atoms with Gasteiger partial charge in [0.05, 0.1) is 32.7 Å². The third kappa shape index (κ3) is 22.9. The van der Waals surface area contributed by atoms with Gasteiger partial charge in [-0.3, -0.25) is 24.0 Å². The third-order valence-corrected chi connectivity index (χ3v) is 13.1. The molecule has 0 radical (unpaired) electrons. The Hall–Kier alpha value is -8.22. The van der Waals surface area contributed by atoms with Crippen LogP contribution in [-0.2, 0) is 24.0 Å². The van der Waals surface area contributed by atoms with E-state index in [1.165, 1.54) is 0 Å². The van der Waals surface area contributed by atoms with Crippen molar-refractivity contribution in [1.29, 1.82) is 0 Å². The number of rotatable bonds is 33. The van der Waals surface area contributed by atoms with Crippen LogP contribution < -0.4 is 26.6 Å². The molecule has 0 aromatic heterocycles. The topological polar surface area (TPSA) is 146 Å². The van der Waals surface area contributed by atoms with Crippen molar-refractivity contribution in [2.75, 3.05) is 32.7 Å². The predicted octanol–water partition coefficient (Wildman–Crippen LogP) is 20.0. The third-order valence-electron chi connectivity index (χ3n) is 13.1. The highest BCUT2D eigenvalue weighted by molar-refractivity contribution is 5.93. The van der Waals surface area contributed by atoms with Gasteiger partial charge in [0.1, 0.15) is 0 Å². The number of hydrogen-bond acceptors (Lipinski definition) is 5. The van der Waals surface area contributed by atoms with Gasteiger partial charge in [-0.15, -0.1) is 0 Å². The van der Waals surface area contributed by atoms with Crippen LogP contribution >= 0.6 is 0 Å². The van der Waals surface area contributed by atoms with Crippen molar-refractivity contribution in [1.82, 2.24) is 26.6 Å². The Morgan fingerprint density at radius 2 is 0.287 bits per heavy atom. The second-order valence-corrected chi connectivity index (χ2v) is 22.6. The molecule has 10 nitrogen and oxygen atoms in total. The Labute approximate surface area is 630 Å². The molecule has 0 aliphatic heterocycles. The summed E-state index contributed by atoms with van der Waals surface area (Å²) in [4.78, 5) is 53.5. The number of alkyl halides is 61. The normalized spacial score (nSPS) is 14.9. The second kappa shape index (κ2) is 36.8. The lowest BCUT2D eigenvalue weighted by atomic mass is 9.94. The first-order valence-corrected chi connectivity index (χ1v) is 27.8. The molecule has 0 aliphatic rings. The standard InChI is InChI=1S/2C11H8F13NO.2C10H6F13NO.C9H8F9NO/c2*1-4(2)5(26)25-3-6(12,13)7(14,15)8(16,17)9(18,19)10(20,21)11(22,23)24;2*1-2-4(25)24-3-5(11,12)6(13,14)7(15,16)8(17,18)9(19,20)10(21,22)23;1-4(2)5(20)19-3-6(10,11)7(12,13)8(14,15)9(16,17)18/h2*1,3H2,2H3,(H,25,26);2*2H,1,3H2,(H,24,25);1,3H2,2H3,(H,19,20). The summed E-state index contributed by atoms with van der Waals surface area (Å²) in [5.41, 5.74) is -1.67. The maximum absolute atomic E-state index is 13.2. The van der Waals surface area contributed by atoms with Gasteiger partial charge in [-0.25, -0.2) is 0 Å². The lowest BCUT2D eigenvalue weighted by molar-refractivity contribution is -0.439. The highest BCUT2D eigenvalue weighted by Gasteiger charge is 2.95. The van der Waals surface area contributed by atoms with Crippen LogP contribution in [-0.4, -0.2) is 229 Å². The Morgan fingerprint density at radius 3 is 0.393 bits per heavy atom. The molecule has 0 saturated heterocycles. The van der Waals surface area contributed by atoms with E-state index in [4.69, 9.17) is 0 Å². The van der Waals surface area contributed by atoms with Crippen LogP contribution in [0.3, 0.4) is 0 Å². The maximum Gasteiger partial charge on any atom is 0.460 e. The molecule has 5 amide bonds. The highest BCUT2D eigenvalue weighted by Crippen LogP contribution is 2.66. The van der Waals surface area contributed by atoms with Crippen molar-refractivity contribution in [3.8, 4) is 0 Å². The summed E-state index contributed by atoms with van der Waals surface area (Å²) < 4.78 is 770. The molecule has 0 bridgehead atoms. The molecule has 5 N–H and O–H groups in total. The van der Waals surface area contributed by atoms with Gasteiger partial charge < -0.3 is 26.6 Å². The Balaban J connectivity index is -0.000000469. The van der Waals surface area contributed by atoms with Gasteiger partial charge in [0.2, 0.25) is 29.5 Å². The fourth-order valence-corrected chi connectivity index (χ4v) is 5.74. The van der Waals surface area contributed by atoms with E-state index in [1.807, 2.05) is 0 Å². The van der Waals surface area contributed by atoms with E-state index in [-0.39, 0.29) is 12.2 Å². The molecule has 0 heterocycles. The average molecular weight is 1960 g/mol. The number of carbonyl (C=O) groups is 5. The van der Waals surface area contributed by atoms with Crippen LogP contribution in [0.4, 0.5) is 268 Å². The van der Waals surface area contributed by atoms with Crippen molar-refractivity contribution < 1.29 is 292 Å². The maximum atomic E-state index is 13.2. The van der Waals surface area contributed by atoms with Crippen LogP contribution in [0.1, 0.15) is 20.8 Å².